The molecule has 0 aliphatic carbocycles. The molecule has 4 aromatic rings. The first-order valence-electron chi connectivity index (χ1n) is 7.47. The summed E-state index contributed by atoms with van der Waals surface area (Å²) in [4.78, 5) is 15.6. The van der Waals surface area contributed by atoms with Gasteiger partial charge in [-0.25, -0.2) is 14.3 Å². The number of nitrogens with zero attached hydrogens (tertiary/aromatic N) is 3. The Labute approximate surface area is 137 Å². The summed E-state index contributed by atoms with van der Waals surface area (Å²) in [5.74, 6) is -1.06. The molecule has 0 bridgehead atoms. The van der Waals surface area contributed by atoms with Crippen LogP contribution in [0.15, 0.2) is 72.8 Å². The van der Waals surface area contributed by atoms with Crippen LogP contribution in [0.3, 0.4) is 0 Å². The third-order valence-electron chi connectivity index (χ3n) is 3.79. The molecule has 0 amide bonds. The molecule has 0 atom stereocenters. The van der Waals surface area contributed by atoms with Crippen molar-refractivity contribution in [1.29, 1.82) is 0 Å². The summed E-state index contributed by atoms with van der Waals surface area (Å²) in [7, 11) is 0. The second-order valence-electron chi connectivity index (χ2n) is 5.36. The van der Waals surface area contributed by atoms with Crippen LogP contribution in [0, 0.1) is 0 Å². The number of carbonyl (C=O) groups is 1. The van der Waals surface area contributed by atoms with E-state index in [1.807, 2.05) is 60.7 Å². The topological polar surface area (TPSA) is 67.5 Å². The first-order valence-corrected chi connectivity index (χ1v) is 7.47. The highest BCUT2D eigenvalue weighted by Crippen LogP contribution is 2.25. The number of aromatic nitrogens is 3. The van der Waals surface area contributed by atoms with Gasteiger partial charge in [0.2, 0.25) is 0 Å². The summed E-state index contributed by atoms with van der Waals surface area (Å²) >= 11 is 0. The standard InChI is InChI=1S/C19H13N3O2/c23-19(24)16-11-17(14-9-5-2-6-10-14)22-18(20-16)12-15(21-22)13-7-3-1-4-8-13/h1-12H,(H,23,24). The largest absolute Gasteiger partial charge is 0.477 e. The van der Waals surface area contributed by atoms with Crippen molar-refractivity contribution >= 4 is 11.6 Å². The maximum atomic E-state index is 11.4. The highest BCUT2D eigenvalue weighted by molar-refractivity contribution is 5.88. The van der Waals surface area contributed by atoms with E-state index in [9.17, 15) is 9.90 Å². The molecule has 0 aliphatic rings. The monoisotopic (exact) mass is 315 g/mol. The van der Waals surface area contributed by atoms with Crippen LogP contribution >= 0.6 is 0 Å². The molecule has 1 N–H and O–H groups in total. The Morgan fingerprint density at radius 1 is 0.875 bits per heavy atom. The third kappa shape index (κ3) is 2.42. The van der Waals surface area contributed by atoms with E-state index in [1.165, 1.54) is 0 Å². The van der Waals surface area contributed by atoms with Gasteiger partial charge >= 0.3 is 5.97 Å². The predicted octanol–water partition coefficient (Wildman–Crippen LogP) is 3.76. The summed E-state index contributed by atoms with van der Waals surface area (Å²) < 4.78 is 1.68. The van der Waals surface area contributed by atoms with Crippen molar-refractivity contribution in [1.82, 2.24) is 14.6 Å². The molecule has 4 rings (SSSR count). The number of rotatable bonds is 3. The quantitative estimate of drug-likeness (QED) is 0.625. The number of hydrogen-bond donors (Lipinski definition) is 1. The van der Waals surface area contributed by atoms with E-state index < -0.39 is 5.97 Å². The Morgan fingerprint density at radius 2 is 1.50 bits per heavy atom. The molecule has 0 spiro atoms. The molecule has 24 heavy (non-hydrogen) atoms. The summed E-state index contributed by atoms with van der Waals surface area (Å²) in [6, 6.07) is 22.7. The van der Waals surface area contributed by atoms with Crippen LogP contribution in [-0.2, 0) is 0 Å². The fraction of sp³-hybridized carbons (Fsp3) is 0. The lowest BCUT2D eigenvalue weighted by molar-refractivity contribution is 0.0690. The zero-order valence-corrected chi connectivity index (χ0v) is 12.6. The second kappa shape index (κ2) is 5.62. The molecule has 0 saturated heterocycles. The molecule has 0 unspecified atom stereocenters. The number of hydrogen-bond acceptors (Lipinski definition) is 3. The van der Waals surface area contributed by atoms with Gasteiger partial charge in [-0.3, -0.25) is 0 Å². The lowest BCUT2D eigenvalue weighted by atomic mass is 10.1. The van der Waals surface area contributed by atoms with Gasteiger partial charge in [0.15, 0.2) is 11.3 Å². The molecular weight excluding hydrogens is 302 g/mol. The Kier molecular flexibility index (Phi) is 3.31. The zero-order valence-electron chi connectivity index (χ0n) is 12.6. The lowest BCUT2D eigenvalue weighted by Crippen LogP contribution is -2.05. The van der Waals surface area contributed by atoms with Crippen molar-refractivity contribution < 1.29 is 9.90 Å². The van der Waals surface area contributed by atoms with Crippen LogP contribution in [-0.4, -0.2) is 25.7 Å². The molecule has 5 heteroatoms. The van der Waals surface area contributed by atoms with Crippen molar-refractivity contribution in [2.45, 2.75) is 0 Å². The minimum Gasteiger partial charge on any atom is -0.477 e. The van der Waals surface area contributed by atoms with Crippen LogP contribution in [0.4, 0.5) is 0 Å². The molecule has 5 nitrogen and oxygen atoms in total. The van der Waals surface area contributed by atoms with Crippen LogP contribution < -0.4 is 0 Å². The van der Waals surface area contributed by atoms with Gasteiger partial charge in [-0.15, -0.1) is 0 Å². The Bertz CT molecular complexity index is 1020. The molecule has 0 aliphatic heterocycles. The normalized spacial score (nSPS) is 10.8. The fourth-order valence-electron chi connectivity index (χ4n) is 2.65. The molecule has 2 aromatic heterocycles. The Hall–Kier alpha value is -3.47. The second-order valence-corrected chi connectivity index (χ2v) is 5.36. The van der Waals surface area contributed by atoms with Gasteiger partial charge in [0.1, 0.15) is 0 Å². The molecule has 116 valence electrons. The van der Waals surface area contributed by atoms with E-state index in [0.717, 1.165) is 16.8 Å². The van der Waals surface area contributed by atoms with Crippen LogP contribution in [0.1, 0.15) is 10.5 Å². The first kappa shape index (κ1) is 14.1. The van der Waals surface area contributed by atoms with Gasteiger partial charge in [-0.05, 0) is 6.07 Å². The SMILES string of the molecule is O=C(O)c1cc(-c2ccccc2)n2nc(-c3ccccc3)cc2n1. The van der Waals surface area contributed by atoms with Crippen LogP contribution in [0.25, 0.3) is 28.2 Å². The van der Waals surface area contributed by atoms with Gasteiger partial charge in [-0.1, -0.05) is 60.7 Å². The molecule has 0 fully saturated rings. The van der Waals surface area contributed by atoms with E-state index in [4.69, 9.17) is 0 Å². The maximum absolute atomic E-state index is 11.4. The summed E-state index contributed by atoms with van der Waals surface area (Å²) in [6.07, 6.45) is 0. The minimum atomic E-state index is -1.06. The van der Waals surface area contributed by atoms with Crippen molar-refractivity contribution in [2.75, 3.05) is 0 Å². The smallest absolute Gasteiger partial charge is 0.354 e. The maximum Gasteiger partial charge on any atom is 0.354 e. The van der Waals surface area contributed by atoms with E-state index in [2.05, 4.69) is 10.1 Å². The number of benzene rings is 2. The van der Waals surface area contributed by atoms with E-state index in [1.54, 1.807) is 16.6 Å². The van der Waals surface area contributed by atoms with Crippen LogP contribution in [0.2, 0.25) is 0 Å². The van der Waals surface area contributed by atoms with E-state index in [-0.39, 0.29) is 5.69 Å². The Balaban J connectivity index is 1.99. The lowest BCUT2D eigenvalue weighted by Gasteiger charge is -2.06. The highest BCUT2D eigenvalue weighted by Gasteiger charge is 2.15. The number of fused-ring (bicyclic) bond motifs is 1. The fourth-order valence-corrected chi connectivity index (χ4v) is 2.65. The molecule has 2 heterocycles. The average molecular weight is 315 g/mol. The Morgan fingerprint density at radius 3 is 2.12 bits per heavy atom. The number of carboxylic acid groups (broad SMARTS) is 1. The van der Waals surface area contributed by atoms with Crippen molar-refractivity contribution in [3.8, 4) is 22.5 Å². The van der Waals surface area contributed by atoms with Crippen LogP contribution in [0.5, 0.6) is 0 Å². The van der Waals surface area contributed by atoms with Gasteiger partial charge in [-0.2, -0.15) is 5.10 Å². The minimum absolute atomic E-state index is 0.000801. The molecule has 0 radical (unpaired) electrons. The third-order valence-corrected chi connectivity index (χ3v) is 3.79. The van der Waals surface area contributed by atoms with Gasteiger partial charge < -0.3 is 5.11 Å². The predicted molar refractivity (Wildman–Crippen MR) is 90.8 cm³/mol. The van der Waals surface area contributed by atoms with Gasteiger partial charge in [0.05, 0.1) is 11.4 Å². The summed E-state index contributed by atoms with van der Waals surface area (Å²) in [5.41, 5.74) is 3.80. The average Bonchev–Trinajstić information content (AvgIpc) is 3.06. The van der Waals surface area contributed by atoms with Crippen molar-refractivity contribution in [3.63, 3.8) is 0 Å². The highest BCUT2D eigenvalue weighted by atomic mass is 16.4. The van der Waals surface area contributed by atoms with E-state index in [0.29, 0.717) is 11.3 Å². The van der Waals surface area contributed by atoms with E-state index >= 15 is 0 Å². The van der Waals surface area contributed by atoms with Crippen molar-refractivity contribution in [3.05, 3.63) is 78.5 Å². The summed E-state index contributed by atoms with van der Waals surface area (Å²) in [6.45, 7) is 0. The van der Waals surface area contributed by atoms with Gasteiger partial charge in [0, 0.05) is 17.2 Å². The van der Waals surface area contributed by atoms with Crippen molar-refractivity contribution in [2.24, 2.45) is 0 Å². The molecule has 2 aromatic carbocycles. The number of carboxylic acids is 1. The first-order chi connectivity index (χ1) is 11.7. The van der Waals surface area contributed by atoms with Gasteiger partial charge in [0.25, 0.3) is 0 Å². The number of aromatic carboxylic acids is 1. The molecular formula is C19H13N3O2. The molecule has 0 saturated carbocycles. The summed E-state index contributed by atoms with van der Waals surface area (Å²) in [5, 5.41) is 14.0. The zero-order chi connectivity index (χ0) is 16.5.